The van der Waals surface area contributed by atoms with Crippen LogP contribution in [0.15, 0.2) is 21.7 Å². The first-order valence-electron chi connectivity index (χ1n) is 5.10. The Morgan fingerprint density at radius 2 is 2.20 bits per heavy atom. The van der Waals surface area contributed by atoms with Crippen LogP contribution in [0.4, 0.5) is 0 Å². The number of carbonyl (C=O) groups excluding carboxylic acids is 1. The van der Waals surface area contributed by atoms with E-state index >= 15 is 0 Å². The summed E-state index contributed by atoms with van der Waals surface area (Å²) in [5, 5.41) is 0. The van der Waals surface area contributed by atoms with Crippen molar-refractivity contribution in [2.24, 2.45) is 4.99 Å². The number of ketones is 1. The van der Waals surface area contributed by atoms with E-state index in [4.69, 9.17) is 4.42 Å². The highest BCUT2D eigenvalue weighted by molar-refractivity contribution is 6.02. The lowest BCUT2D eigenvalue weighted by molar-refractivity contribution is 0.0987. The second-order valence-electron chi connectivity index (χ2n) is 4.40. The number of hydrogen-bond acceptors (Lipinski definition) is 3. The summed E-state index contributed by atoms with van der Waals surface area (Å²) in [6.45, 7) is 7.81. The van der Waals surface area contributed by atoms with Gasteiger partial charge < -0.3 is 4.42 Å². The largest absolute Gasteiger partial charge is 0.463 e. The molecule has 0 unspecified atom stereocenters. The zero-order valence-electron chi connectivity index (χ0n) is 9.70. The van der Waals surface area contributed by atoms with E-state index in [1.54, 1.807) is 12.3 Å². The zero-order valence-corrected chi connectivity index (χ0v) is 9.70. The third kappa shape index (κ3) is 3.35. The van der Waals surface area contributed by atoms with E-state index in [2.05, 4.69) is 4.99 Å². The van der Waals surface area contributed by atoms with Crippen LogP contribution in [0, 0.1) is 0 Å². The van der Waals surface area contributed by atoms with Gasteiger partial charge in [-0.05, 0) is 26.8 Å². The molecule has 1 heterocycles. The van der Waals surface area contributed by atoms with Crippen molar-refractivity contribution in [1.29, 1.82) is 0 Å². The molecule has 0 aliphatic carbocycles. The maximum absolute atomic E-state index is 11.5. The van der Waals surface area contributed by atoms with Crippen molar-refractivity contribution < 1.29 is 9.21 Å². The minimum atomic E-state index is -0.153. The molecule has 82 valence electrons. The van der Waals surface area contributed by atoms with Gasteiger partial charge in [-0.3, -0.25) is 9.79 Å². The first-order chi connectivity index (χ1) is 6.94. The van der Waals surface area contributed by atoms with Crippen LogP contribution in [0.1, 0.15) is 50.2 Å². The lowest BCUT2D eigenvalue weighted by Gasteiger charge is -2.10. The fourth-order valence-corrected chi connectivity index (χ4v) is 1.09. The number of nitrogens with zero attached hydrogens (tertiary/aromatic N) is 1. The summed E-state index contributed by atoms with van der Waals surface area (Å²) in [4.78, 5) is 15.8. The molecule has 0 spiro atoms. The molecule has 0 aliphatic rings. The van der Waals surface area contributed by atoms with Crippen molar-refractivity contribution in [3.63, 3.8) is 0 Å². The Kier molecular flexibility index (Phi) is 3.45. The monoisotopic (exact) mass is 207 g/mol. The lowest BCUT2D eigenvalue weighted by atomic mass is 10.1. The summed E-state index contributed by atoms with van der Waals surface area (Å²) >= 11 is 0. The molecule has 0 saturated carbocycles. The van der Waals surface area contributed by atoms with Gasteiger partial charge >= 0.3 is 0 Å². The Morgan fingerprint density at radius 3 is 2.73 bits per heavy atom. The molecule has 0 atom stereocenters. The molecular formula is C12H17NO2. The molecule has 0 aliphatic heterocycles. The van der Waals surface area contributed by atoms with Crippen LogP contribution >= 0.6 is 0 Å². The van der Waals surface area contributed by atoms with Gasteiger partial charge in [0.05, 0.1) is 23.6 Å². The number of hydrogen-bond donors (Lipinski definition) is 0. The Hall–Kier alpha value is -1.38. The summed E-state index contributed by atoms with van der Waals surface area (Å²) in [6, 6.07) is 1.69. The minimum Gasteiger partial charge on any atom is -0.463 e. The highest BCUT2D eigenvalue weighted by Gasteiger charge is 2.12. The number of rotatable bonds is 3. The molecule has 0 radical (unpaired) electrons. The van der Waals surface area contributed by atoms with Gasteiger partial charge in [0.25, 0.3) is 0 Å². The molecule has 1 rings (SSSR count). The topological polar surface area (TPSA) is 42.6 Å². The number of aliphatic imine (C=N–C) groups is 1. The van der Waals surface area contributed by atoms with E-state index in [9.17, 15) is 4.79 Å². The van der Waals surface area contributed by atoms with Gasteiger partial charge in [-0.1, -0.05) is 6.92 Å². The van der Waals surface area contributed by atoms with E-state index in [-0.39, 0.29) is 11.3 Å². The maximum atomic E-state index is 11.5. The third-order valence-electron chi connectivity index (χ3n) is 1.89. The summed E-state index contributed by atoms with van der Waals surface area (Å²) in [6.07, 6.45) is 3.63. The average Bonchev–Trinajstić information content (AvgIpc) is 2.60. The molecule has 3 nitrogen and oxygen atoms in total. The van der Waals surface area contributed by atoms with Crippen molar-refractivity contribution in [2.75, 3.05) is 0 Å². The van der Waals surface area contributed by atoms with Gasteiger partial charge in [-0.2, -0.15) is 0 Å². The van der Waals surface area contributed by atoms with Crippen molar-refractivity contribution in [3.05, 3.63) is 23.7 Å². The summed E-state index contributed by atoms with van der Waals surface area (Å²) in [5.74, 6) is 0.635. The molecule has 0 amide bonds. The molecule has 0 N–H and O–H groups in total. The number of carbonyl (C=O) groups is 1. The highest BCUT2D eigenvalue weighted by Crippen LogP contribution is 2.13. The van der Waals surface area contributed by atoms with Crippen LogP contribution in [-0.2, 0) is 0 Å². The van der Waals surface area contributed by atoms with Gasteiger partial charge in [0, 0.05) is 6.42 Å². The van der Waals surface area contributed by atoms with E-state index in [1.165, 1.54) is 6.26 Å². The third-order valence-corrected chi connectivity index (χ3v) is 1.89. The zero-order chi connectivity index (χ0) is 11.5. The van der Waals surface area contributed by atoms with Crippen molar-refractivity contribution >= 4 is 12.0 Å². The van der Waals surface area contributed by atoms with E-state index in [0.717, 1.165) is 0 Å². The van der Waals surface area contributed by atoms with Crippen molar-refractivity contribution in [1.82, 2.24) is 0 Å². The van der Waals surface area contributed by atoms with Gasteiger partial charge in [0.15, 0.2) is 11.5 Å². The van der Waals surface area contributed by atoms with E-state index in [1.807, 2.05) is 27.7 Å². The second kappa shape index (κ2) is 4.43. The maximum Gasteiger partial charge on any atom is 0.166 e. The number of Topliss-reactive ketones (excluding diaryl/α,β-unsaturated/α-hetero) is 1. The minimum absolute atomic E-state index is 0.0825. The lowest BCUT2D eigenvalue weighted by Crippen LogP contribution is -2.10. The van der Waals surface area contributed by atoms with Crippen LogP contribution < -0.4 is 0 Å². The van der Waals surface area contributed by atoms with Crippen LogP contribution in [0.2, 0.25) is 0 Å². The molecule has 0 aromatic carbocycles. The predicted octanol–water partition coefficient (Wildman–Crippen LogP) is 3.09. The number of furan rings is 1. The Bertz CT molecular complexity index is 369. The van der Waals surface area contributed by atoms with Crippen LogP contribution in [-0.4, -0.2) is 17.5 Å². The summed E-state index contributed by atoms with van der Waals surface area (Å²) in [7, 11) is 0. The molecule has 1 aromatic rings. The van der Waals surface area contributed by atoms with Crippen molar-refractivity contribution in [2.45, 2.75) is 39.7 Å². The van der Waals surface area contributed by atoms with Gasteiger partial charge in [0.1, 0.15) is 0 Å². The van der Waals surface area contributed by atoms with Crippen LogP contribution in [0.5, 0.6) is 0 Å². The first kappa shape index (κ1) is 11.7. The second-order valence-corrected chi connectivity index (χ2v) is 4.40. The predicted molar refractivity (Wildman–Crippen MR) is 60.7 cm³/mol. The molecule has 1 aromatic heterocycles. The quantitative estimate of drug-likeness (QED) is 0.564. The summed E-state index contributed by atoms with van der Waals surface area (Å²) in [5.41, 5.74) is 0.463. The smallest absolute Gasteiger partial charge is 0.166 e. The van der Waals surface area contributed by atoms with Crippen LogP contribution in [0.25, 0.3) is 0 Å². The normalized spacial score (nSPS) is 12.3. The SMILES string of the molecule is CCC(=O)c1ccoc1C=NC(C)(C)C. The molecular weight excluding hydrogens is 190 g/mol. The first-order valence-corrected chi connectivity index (χ1v) is 5.10. The fourth-order valence-electron chi connectivity index (χ4n) is 1.09. The Morgan fingerprint density at radius 1 is 1.53 bits per heavy atom. The molecule has 15 heavy (non-hydrogen) atoms. The van der Waals surface area contributed by atoms with Gasteiger partial charge in [-0.25, -0.2) is 0 Å². The standard InChI is InChI=1S/C12H17NO2/c1-5-10(14)9-6-7-15-11(9)8-13-12(2,3)4/h6-8H,5H2,1-4H3. The Balaban J connectivity index is 2.92. The molecule has 0 fully saturated rings. The Labute approximate surface area is 90.2 Å². The van der Waals surface area contributed by atoms with Crippen molar-refractivity contribution in [3.8, 4) is 0 Å². The van der Waals surface area contributed by atoms with Gasteiger partial charge in [-0.15, -0.1) is 0 Å². The fraction of sp³-hybridized carbons (Fsp3) is 0.500. The summed E-state index contributed by atoms with van der Waals surface area (Å²) < 4.78 is 5.21. The average molecular weight is 207 g/mol. The molecule has 3 heteroatoms. The highest BCUT2D eigenvalue weighted by atomic mass is 16.3. The molecule has 0 bridgehead atoms. The van der Waals surface area contributed by atoms with E-state index < -0.39 is 0 Å². The van der Waals surface area contributed by atoms with E-state index in [0.29, 0.717) is 17.7 Å². The van der Waals surface area contributed by atoms with Gasteiger partial charge in [0.2, 0.25) is 0 Å². The van der Waals surface area contributed by atoms with Crippen LogP contribution in [0.3, 0.4) is 0 Å². The molecule has 0 saturated heterocycles.